The molecule has 6 nitrogen and oxygen atoms in total. The fourth-order valence-electron chi connectivity index (χ4n) is 2.51. The summed E-state index contributed by atoms with van der Waals surface area (Å²) in [6, 6.07) is 13.3. The SMILES string of the molecule is O=C(ON1C(=O)c2ccccc2C1=O)c1cc(-c2ccc(F)cc2)ns1. The zero-order valence-electron chi connectivity index (χ0n) is 13.0. The first kappa shape index (κ1) is 16.1. The van der Waals surface area contributed by atoms with Crippen molar-refractivity contribution in [2.75, 3.05) is 0 Å². The van der Waals surface area contributed by atoms with Crippen molar-refractivity contribution in [3.05, 3.63) is 76.4 Å². The van der Waals surface area contributed by atoms with Gasteiger partial charge in [-0.15, -0.1) is 0 Å². The molecule has 0 fully saturated rings. The third kappa shape index (κ3) is 2.66. The maximum Gasteiger partial charge on any atom is 0.375 e. The van der Waals surface area contributed by atoms with Gasteiger partial charge in [0.05, 0.1) is 16.8 Å². The number of carbonyl (C=O) groups is 3. The number of nitrogens with zero attached hydrogens (tertiary/aromatic N) is 2. The number of benzene rings is 2. The molecule has 0 aliphatic carbocycles. The average Bonchev–Trinajstić information content (AvgIpc) is 3.23. The fourth-order valence-corrected chi connectivity index (χ4v) is 3.14. The Bertz CT molecular complexity index is 1010. The van der Waals surface area contributed by atoms with E-state index >= 15 is 0 Å². The molecule has 1 aliphatic heterocycles. The Morgan fingerprint density at radius 1 is 1.00 bits per heavy atom. The number of halogens is 1. The van der Waals surface area contributed by atoms with E-state index in [0.29, 0.717) is 16.3 Å². The van der Waals surface area contributed by atoms with Crippen LogP contribution in [0.2, 0.25) is 0 Å². The van der Waals surface area contributed by atoms with Crippen molar-refractivity contribution in [1.82, 2.24) is 9.44 Å². The van der Waals surface area contributed by atoms with Crippen molar-refractivity contribution in [2.45, 2.75) is 0 Å². The molecule has 4 rings (SSSR count). The van der Waals surface area contributed by atoms with Crippen LogP contribution in [0.4, 0.5) is 4.39 Å². The van der Waals surface area contributed by atoms with Gasteiger partial charge >= 0.3 is 5.97 Å². The third-order valence-corrected chi connectivity index (χ3v) is 4.55. The van der Waals surface area contributed by atoms with E-state index in [1.54, 1.807) is 12.1 Å². The molecule has 0 saturated heterocycles. The lowest BCUT2D eigenvalue weighted by Gasteiger charge is -2.11. The summed E-state index contributed by atoms with van der Waals surface area (Å²) in [4.78, 5) is 41.8. The summed E-state index contributed by atoms with van der Waals surface area (Å²) in [6.07, 6.45) is 0. The van der Waals surface area contributed by atoms with Crippen molar-refractivity contribution in [2.24, 2.45) is 0 Å². The molecule has 0 atom stereocenters. The molecule has 128 valence electrons. The highest BCUT2D eigenvalue weighted by atomic mass is 32.1. The molecule has 0 radical (unpaired) electrons. The predicted molar refractivity (Wildman–Crippen MR) is 89.9 cm³/mol. The van der Waals surface area contributed by atoms with Crippen LogP contribution >= 0.6 is 11.5 Å². The number of carbonyl (C=O) groups excluding carboxylic acids is 3. The lowest BCUT2D eigenvalue weighted by atomic mass is 10.1. The van der Waals surface area contributed by atoms with Crippen molar-refractivity contribution in [3.63, 3.8) is 0 Å². The van der Waals surface area contributed by atoms with E-state index in [0.717, 1.165) is 11.5 Å². The van der Waals surface area contributed by atoms with E-state index in [1.807, 2.05) is 0 Å². The maximum atomic E-state index is 13.0. The van der Waals surface area contributed by atoms with E-state index in [9.17, 15) is 18.8 Å². The molecule has 3 aromatic rings. The Labute approximate surface area is 150 Å². The van der Waals surface area contributed by atoms with Crippen molar-refractivity contribution >= 4 is 29.3 Å². The number of hydroxylamine groups is 2. The van der Waals surface area contributed by atoms with Gasteiger partial charge in [0.1, 0.15) is 10.7 Å². The van der Waals surface area contributed by atoms with Gasteiger partial charge in [-0.1, -0.05) is 17.2 Å². The summed E-state index contributed by atoms with van der Waals surface area (Å²) in [7, 11) is 0. The Morgan fingerprint density at radius 3 is 2.23 bits per heavy atom. The summed E-state index contributed by atoms with van der Waals surface area (Å²) in [6.45, 7) is 0. The van der Waals surface area contributed by atoms with Gasteiger partial charge in [0.2, 0.25) is 0 Å². The number of hydrogen-bond donors (Lipinski definition) is 0. The second-order valence-corrected chi connectivity index (χ2v) is 6.22. The number of aromatic nitrogens is 1. The zero-order chi connectivity index (χ0) is 18.3. The minimum atomic E-state index is -0.870. The van der Waals surface area contributed by atoms with E-state index in [-0.39, 0.29) is 21.8 Å². The average molecular weight is 368 g/mol. The Morgan fingerprint density at radius 2 is 1.62 bits per heavy atom. The van der Waals surface area contributed by atoms with Crippen LogP contribution in [0, 0.1) is 5.82 Å². The summed E-state index contributed by atoms with van der Waals surface area (Å²) in [5.41, 5.74) is 1.45. The molecular weight excluding hydrogens is 359 g/mol. The minimum absolute atomic E-state index is 0.112. The van der Waals surface area contributed by atoms with E-state index in [2.05, 4.69) is 4.37 Å². The number of imide groups is 1. The van der Waals surface area contributed by atoms with Crippen LogP contribution in [0.25, 0.3) is 11.3 Å². The van der Waals surface area contributed by atoms with Crippen LogP contribution in [0.5, 0.6) is 0 Å². The summed E-state index contributed by atoms with van der Waals surface area (Å²) in [5, 5.41) is 0.449. The molecule has 1 aromatic heterocycles. The Balaban J connectivity index is 1.54. The Hall–Kier alpha value is -3.39. The van der Waals surface area contributed by atoms with E-state index in [4.69, 9.17) is 4.84 Å². The van der Waals surface area contributed by atoms with Crippen LogP contribution in [0.15, 0.2) is 54.6 Å². The van der Waals surface area contributed by atoms with E-state index in [1.165, 1.54) is 42.5 Å². The highest BCUT2D eigenvalue weighted by Gasteiger charge is 2.39. The second kappa shape index (κ2) is 6.16. The third-order valence-electron chi connectivity index (χ3n) is 3.78. The topological polar surface area (TPSA) is 76.6 Å². The van der Waals surface area contributed by atoms with Gasteiger partial charge in [-0.3, -0.25) is 9.59 Å². The molecule has 0 spiro atoms. The van der Waals surface area contributed by atoms with Gasteiger partial charge in [-0.2, -0.15) is 4.37 Å². The summed E-state index contributed by atoms with van der Waals surface area (Å²) < 4.78 is 17.1. The van der Waals surface area contributed by atoms with Gasteiger partial charge < -0.3 is 4.84 Å². The molecule has 1 aliphatic rings. The summed E-state index contributed by atoms with van der Waals surface area (Å²) in [5.74, 6) is -2.64. The maximum absolute atomic E-state index is 13.0. The lowest BCUT2D eigenvalue weighted by Crippen LogP contribution is -2.32. The Kier molecular flexibility index (Phi) is 3.81. The second-order valence-electron chi connectivity index (χ2n) is 5.41. The van der Waals surface area contributed by atoms with Crippen molar-refractivity contribution in [1.29, 1.82) is 0 Å². The predicted octanol–water partition coefficient (Wildman–Crippen LogP) is 3.32. The highest BCUT2D eigenvalue weighted by Crippen LogP contribution is 2.26. The minimum Gasteiger partial charge on any atom is -0.323 e. The largest absolute Gasteiger partial charge is 0.375 e. The number of rotatable bonds is 3. The molecule has 2 heterocycles. The van der Waals surface area contributed by atoms with Crippen molar-refractivity contribution in [3.8, 4) is 11.3 Å². The molecule has 0 saturated carbocycles. The highest BCUT2D eigenvalue weighted by molar-refractivity contribution is 7.08. The standard InChI is InChI=1S/C18H9FN2O4S/c19-11-7-5-10(6-8-11)14-9-15(26-20-14)18(24)25-21-16(22)12-3-1-2-4-13(12)17(21)23/h1-9H. The quantitative estimate of drug-likeness (QED) is 0.663. The molecule has 0 unspecified atom stereocenters. The molecule has 8 heteroatoms. The smallest absolute Gasteiger partial charge is 0.323 e. The van der Waals surface area contributed by atoms with Gasteiger partial charge in [0.25, 0.3) is 11.8 Å². The van der Waals surface area contributed by atoms with Crippen LogP contribution in [-0.2, 0) is 4.84 Å². The number of amides is 2. The van der Waals surface area contributed by atoms with E-state index < -0.39 is 17.8 Å². The first-order valence-corrected chi connectivity index (χ1v) is 8.25. The van der Waals surface area contributed by atoms with Crippen LogP contribution in [0.1, 0.15) is 30.4 Å². The summed E-state index contributed by atoms with van der Waals surface area (Å²) >= 11 is 0.859. The zero-order valence-corrected chi connectivity index (χ0v) is 13.8. The van der Waals surface area contributed by atoms with Crippen molar-refractivity contribution < 1.29 is 23.6 Å². The van der Waals surface area contributed by atoms with Gasteiger partial charge in [-0.05, 0) is 54.0 Å². The number of fused-ring (bicyclic) bond motifs is 1. The molecule has 2 amide bonds. The van der Waals surface area contributed by atoms with Gasteiger partial charge in [0.15, 0.2) is 0 Å². The molecule has 0 N–H and O–H groups in total. The van der Waals surface area contributed by atoms with Crippen LogP contribution in [0.3, 0.4) is 0 Å². The monoisotopic (exact) mass is 368 g/mol. The molecule has 2 aromatic carbocycles. The van der Waals surface area contributed by atoms with Gasteiger partial charge in [0, 0.05) is 5.56 Å². The number of hydrogen-bond acceptors (Lipinski definition) is 6. The molecule has 26 heavy (non-hydrogen) atoms. The van der Waals surface area contributed by atoms with Crippen LogP contribution in [-0.4, -0.2) is 27.2 Å². The lowest BCUT2D eigenvalue weighted by molar-refractivity contribution is -0.0581. The first-order chi connectivity index (χ1) is 12.5. The van der Waals surface area contributed by atoms with Gasteiger partial charge in [-0.25, -0.2) is 9.18 Å². The van der Waals surface area contributed by atoms with Crippen LogP contribution < -0.4 is 0 Å². The molecular formula is C18H9FN2O4S. The first-order valence-electron chi connectivity index (χ1n) is 7.47. The fraction of sp³-hybridized carbons (Fsp3) is 0. The normalized spacial score (nSPS) is 13.0. The molecule has 0 bridgehead atoms.